The molecular weight excluding hydrogens is 530 g/mol. The van der Waals surface area contributed by atoms with Gasteiger partial charge in [0.15, 0.2) is 5.65 Å². The topological polar surface area (TPSA) is 75.5 Å². The van der Waals surface area contributed by atoms with Crippen molar-refractivity contribution in [3.63, 3.8) is 0 Å². The number of pyridine rings is 1. The molecule has 0 spiro atoms. The van der Waals surface area contributed by atoms with E-state index in [0.717, 1.165) is 51.0 Å². The summed E-state index contributed by atoms with van der Waals surface area (Å²) >= 11 is 0. The van der Waals surface area contributed by atoms with Crippen LogP contribution in [0.25, 0.3) is 33.7 Å². The number of fused-ring (bicyclic) bond motifs is 1. The summed E-state index contributed by atoms with van der Waals surface area (Å²) in [4.78, 5) is 21.8. The molecule has 2 aromatic heterocycles. The molecule has 3 aromatic carbocycles. The summed E-state index contributed by atoms with van der Waals surface area (Å²) in [7, 11) is 0.138. The molecule has 0 saturated carbocycles. The van der Waals surface area contributed by atoms with E-state index in [9.17, 15) is 4.79 Å². The molecule has 0 bridgehead atoms. The van der Waals surface area contributed by atoms with E-state index in [-0.39, 0.29) is 5.97 Å². The third kappa shape index (κ3) is 6.90. The molecule has 0 radical (unpaired) electrons. The van der Waals surface area contributed by atoms with Crippen molar-refractivity contribution in [2.75, 3.05) is 13.7 Å². The predicted molar refractivity (Wildman–Crippen MR) is 165 cm³/mol. The predicted octanol–water partition coefficient (Wildman–Crippen LogP) is 7.44. The van der Waals surface area contributed by atoms with Crippen LogP contribution < -0.4 is 4.74 Å². The van der Waals surface area contributed by atoms with Crippen molar-refractivity contribution in [1.29, 1.82) is 0 Å². The maximum atomic E-state index is 12.0. The molecule has 0 amide bonds. The van der Waals surface area contributed by atoms with Gasteiger partial charge in [-0.05, 0) is 47.5 Å². The van der Waals surface area contributed by atoms with Gasteiger partial charge in [0.2, 0.25) is 0 Å². The molecule has 0 atom stereocenters. The minimum atomic E-state index is -1.24. The lowest BCUT2D eigenvalue weighted by atomic mass is 10.1. The number of hydrogen-bond donors (Lipinski definition) is 0. The Bertz CT molecular complexity index is 1630. The Morgan fingerprint density at radius 1 is 0.902 bits per heavy atom. The van der Waals surface area contributed by atoms with E-state index >= 15 is 0 Å². The fraction of sp³-hybridized carbons (Fsp3) is 0.242. The van der Waals surface area contributed by atoms with Crippen LogP contribution in [-0.2, 0) is 22.8 Å². The first-order valence-corrected chi connectivity index (χ1v) is 17.4. The van der Waals surface area contributed by atoms with E-state index in [1.807, 2.05) is 71.3 Å². The van der Waals surface area contributed by atoms with Gasteiger partial charge < -0.3 is 14.2 Å². The number of methoxy groups -OCH3 is 1. The molecule has 0 fully saturated rings. The molecule has 8 heteroatoms. The number of carbonyl (C=O) groups excluding carboxylic acids is 1. The maximum absolute atomic E-state index is 12.0. The Hall–Kier alpha value is -4.27. The summed E-state index contributed by atoms with van der Waals surface area (Å²) in [6.07, 6.45) is 1.81. The average molecular weight is 566 g/mol. The minimum Gasteiger partial charge on any atom is -0.489 e. The highest BCUT2D eigenvalue weighted by atomic mass is 28.3. The number of nitrogens with zero attached hydrogens (tertiary/aromatic N) is 3. The average Bonchev–Trinajstić information content (AvgIpc) is 3.37. The van der Waals surface area contributed by atoms with Crippen LogP contribution in [0.4, 0.5) is 0 Å². The lowest BCUT2D eigenvalue weighted by Crippen LogP contribution is -2.22. The summed E-state index contributed by atoms with van der Waals surface area (Å²) in [6.45, 7) is 8.50. The lowest BCUT2D eigenvalue weighted by Gasteiger charge is -2.16. The summed E-state index contributed by atoms with van der Waals surface area (Å²) in [6, 6.07) is 28.5. The van der Waals surface area contributed by atoms with Crippen LogP contribution >= 0.6 is 0 Å². The zero-order valence-electron chi connectivity index (χ0n) is 24.0. The number of hydrogen-bond acceptors (Lipinski definition) is 6. The first-order chi connectivity index (χ1) is 19.8. The van der Waals surface area contributed by atoms with Crippen molar-refractivity contribution < 1.29 is 19.0 Å². The Kier molecular flexibility index (Phi) is 8.61. The smallest absolute Gasteiger partial charge is 0.337 e. The fourth-order valence-electron chi connectivity index (χ4n) is 4.49. The molecule has 41 heavy (non-hydrogen) atoms. The standard InChI is InChI=1S/C33H35N3O4Si/c1-38-33(37)26-15-13-25(14-16-26)31-35-30-29(17-18-34-32(30)36(31)23-39-19-20-41(2,3)4)27-11-8-12-28(21-27)40-22-24-9-6-5-7-10-24/h5-18,21H,19-20,22-23H2,1-4H3. The van der Waals surface area contributed by atoms with Crippen LogP contribution in [0.1, 0.15) is 15.9 Å². The van der Waals surface area contributed by atoms with Gasteiger partial charge in [-0.15, -0.1) is 0 Å². The molecule has 0 saturated heterocycles. The molecule has 2 heterocycles. The fourth-order valence-corrected chi connectivity index (χ4v) is 5.25. The number of aromatic nitrogens is 3. The largest absolute Gasteiger partial charge is 0.489 e. The molecule has 0 unspecified atom stereocenters. The van der Waals surface area contributed by atoms with E-state index < -0.39 is 8.07 Å². The molecule has 0 aliphatic rings. The normalized spacial score (nSPS) is 11.5. The molecular formula is C33H35N3O4Si. The van der Waals surface area contributed by atoms with Gasteiger partial charge in [0.25, 0.3) is 0 Å². The summed E-state index contributed by atoms with van der Waals surface area (Å²) in [5, 5.41) is 0. The Morgan fingerprint density at radius 3 is 2.41 bits per heavy atom. The van der Waals surface area contributed by atoms with Gasteiger partial charge in [-0.25, -0.2) is 14.8 Å². The van der Waals surface area contributed by atoms with Crippen LogP contribution in [0.2, 0.25) is 25.7 Å². The second-order valence-corrected chi connectivity index (χ2v) is 16.7. The highest BCUT2D eigenvalue weighted by molar-refractivity contribution is 6.76. The highest BCUT2D eigenvalue weighted by Crippen LogP contribution is 2.33. The highest BCUT2D eigenvalue weighted by Gasteiger charge is 2.19. The number of esters is 1. The van der Waals surface area contributed by atoms with Gasteiger partial charge in [-0.3, -0.25) is 4.57 Å². The van der Waals surface area contributed by atoms with Gasteiger partial charge in [-0.2, -0.15) is 0 Å². The van der Waals surface area contributed by atoms with Crippen molar-refractivity contribution >= 4 is 25.2 Å². The van der Waals surface area contributed by atoms with Crippen molar-refractivity contribution in [1.82, 2.24) is 14.5 Å². The Labute approximate surface area is 241 Å². The monoisotopic (exact) mass is 565 g/mol. The SMILES string of the molecule is COC(=O)c1ccc(-c2nc3c(-c4cccc(OCc5ccccc5)c4)ccnc3n2COCC[Si](C)(C)C)cc1. The Morgan fingerprint density at radius 2 is 1.68 bits per heavy atom. The van der Waals surface area contributed by atoms with Crippen molar-refractivity contribution in [2.24, 2.45) is 0 Å². The van der Waals surface area contributed by atoms with Gasteiger partial charge in [0.1, 0.15) is 30.4 Å². The number of ether oxygens (including phenoxy) is 3. The first kappa shape index (κ1) is 28.3. The van der Waals surface area contributed by atoms with E-state index in [1.54, 1.807) is 18.3 Å². The van der Waals surface area contributed by atoms with Crippen LogP contribution in [0.15, 0.2) is 91.1 Å². The van der Waals surface area contributed by atoms with Gasteiger partial charge in [-0.1, -0.05) is 74.2 Å². The molecule has 210 valence electrons. The first-order valence-electron chi connectivity index (χ1n) is 13.7. The lowest BCUT2D eigenvalue weighted by molar-refractivity contribution is 0.0600. The number of rotatable bonds is 11. The second kappa shape index (κ2) is 12.5. The van der Waals surface area contributed by atoms with Crippen LogP contribution in [0.5, 0.6) is 5.75 Å². The number of imidazole rings is 1. The van der Waals surface area contributed by atoms with E-state index in [1.165, 1.54) is 7.11 Å². The molecule has 5 rings (SSSR count). The maximum Gasteiger partial charge on any atom is 0.337 e. The zero-order chi connectivity index (χ0) is 28.8. The summed E-state index contributed by atoms with van der Waals surface area (Å²) < 4.78 is 19.1. The number of benzene rings is 3. The van der Waals surface area contributed by atoms with Gasteiger partial charge >= 0.3 is 5.97 Å². The quantitative estimate of drug-likeness (QED) is 0.0941. The summed E-state index contributed by atoms with van der Waals surface area (Å²) in [5.41, 5.74) is 5.90. The van der Waals surface area contributed by atoms with Crippen molar-refractivity contribution in [3.8, 4) is 28.3 Å². The van der Waals surface area contributed by atoms with E-state index in [4.69, 9.17) is 24.2 Å². The summed E-state index contributed by atoms with van der Waals surface area (Å²) in [5.74, 6) is 1.13. The molecule has 0 N–H and O–H groups in total. The molecule has 5 aromatic rings. The van der Waals surface area contributed by atoms with Crippen LogP contribution in [-0.4, -0.2) is 42.3 Å². The minimum absolute atomic E-state index is 0.325. The van der Waals surface area contributed by atoms with Gasteiger partial charge in [0, 0.05) is 32.0 Å². The molecule has 0 aliphatic carbocycles. The Balaban J connectivity index is 1.51. The van der Waals surface area contributed by atoms with Crippen LogP contribution in [0, 0.1) is 0 Å². The third-order valence-corrected chi connectivity index (χ3v) is 8.51. The van der Waals surface area contributed by atoms with Crippen molar-refractivity contribution in [3.05, 3.63) is 102 Å². The van der Waals surface area contributed by atoms with Gasteiger partial charge in [0.05, 0.1) is 12.7 Å². The zero-order valence-corrected chi connectivity index (χ0v) is 25.0. The molecule has 7 nitrogen and oxygen atoms in total. The van der Waals surface area contributed by atoms with E-state index in [0.29, 0.717) is 25.5 Å². The second-order valence-electron chi connectivity index (χ2n) is 11.1. The van der Waals surface area contributed by atoms with E-state index in [2.05, 4.69) is 25.7 Å². The van der Waals surface area contributed by atoms with Crippen molar-refractivity contribution in [2.45, 2.75) is 39.0 Å². The number of carbonyl (C=O) groups is 1. The third-order valence-electron chi connectivity index (χ3n) is 6.81. The molecule has 0 aliphatic heterocycles. The van der Waals surface area contributed by atoms with Crippen LogP contribution in [0.3, 0.4) is 0 Å².